The van der Waals surface area contributed by atoms with Gasteiger partial charge >= 0.3 is 0 Å². The summed E-state index contributed by atoms with van der Waals surface area (Å²) in [4.78, 5) is 0. The number of hydrogen-bond donors (Lipinski definition) is 1. The Labute approximate surface area is 110 Å². The summed E-state index contributed by atoms with van der Waals surface area (Å²) >= 11 is 0. The molecule has 0 aliphatic carbocycles. The zero-order valence-electron chi connectivity index (χ0n) is 12.0. The molecule has 18 heavy (non-hydrogen) atoms. The van der Waals surface area contributed by atoms with Crippen LogP contribution in [0, 0.1) is 5.92 Å². The monoisotopic (exact) mass is 251 g/mol. The molecule has 0 saturated carbocycles. The van der Waals surface area contributed by atoms with Gasteiger partial charge in [0, 0.05) is 18.2 Å². The van der Waals surface area contributed by atoms with Crippen molar-refractivity contribution in [2.24, 2.45) is 5.92 Å². The van der Waals surface area contributed by atoms with E-state index in [9.17, 15) is 0 Å². The second kappa shape index (κ2) is 7.98. The van der Waals surface area contributed by atoms with E-state index in [0.717, 1.165) is 37.5 Å². The number of methoxy groups -OCH3 is 1. The summed E-state index contributed by atoms with van der Waals surface area (Å²) < 4.78 is 11.2. The minimum atomic E-state index is 0.624. The first kappa shape index (κ1) is 14.8. The maximum Gasteiger partial charge on any atom is 0.127 e. The average molecular weight is 251 g/mol. The van der Waals surface area contributed by atoms with Crippen molar-refractivity contribution < 1.29 is 9.47 Å². The minimum absolute atomic E-state index is 0.624. The van der Waals surface area contributed by atoms with E-state index >= 15 is 0 Å². The molecule has 0 unspecified atom stereocenters. The number of rotatable bonds is 8. The molecular weight excluding hydrogens is 226 g/mol. The minimum Gasteiger partial charge on any atom is -0.497 e. The molecule has 1 aromatic rings. The smallest absolute Gasteiger partial charge is 0.127 e. The van der Waals surface area contributed by atoms with Gasteiger partial charge in [-0.25, -0.2) is 0 Å². The van der Waals surface area contributed by atoms with Crippen molar-refractivity contribution in [2.45, 2.75) is 33.2 Å². The Morgan fingerprint density at radius 3 is 2.50 bits per heavy atom. The molecule has 102 valence electrons. The van der Waals surface area contributed by atoms with Crippen LogP contribution in [0.3, 0.4) is 0 Å². The van der Waals surface area contributed by atoms with Gasteiger partial charge in [0.05, 0.1) is 13.7 Å². The van der Waals surface area contributed by atoms with Crippen molar-refractivity contribution in [1.29, 1.82) is 0 Å². The average Bonchev–Trinajstić information content (AvgIpc) is 2.41. The number of benzene rings is 1. The molecule has 0 amide bonds. The third kappa shape index (κ3) is 4.22. The first-order valence-electron chi connectivity index (χ1n) is 6.69. The molecule has 1 aromatic carbocycles. The van der Waals surface area contributed by atoms with Gasteiger partial charge < -0.3 is 14.8 Å². The highest BCUT2D eigenvalue weighted by Crippen LogP contribution is 2.25. The quantitative estimate of drug-likeness (QED) is 0.769. The first-order valence-corrected chi connectivity index (χ1v) is 6.69. The molecule has 0 atom stereocenters. The summed E-state index contributed by atoms with van der Waals surface area (Å²) in [6.07, 6.45) is 2.31. The normalized spacial score (nSPS) is 10.7. The van der Waals surface area contributed by atoms with Crippen molar-refractivity contribution in [3.8, 4) is 11.5 Å². The summed E-state index contributed by atoms with van der Waals surface area (Å²) in [6, 6.07) is 5.99. The zero-order valence-corrected chi connectivity index (χ0v) is 12.0. The summed E-state index contributed by atoms with van der Waals surface area (Å²) in [7, 11) is 3.62. The van der Waals surface area contributed by atoms with Crippen LogP contribution in [0.5, 0.6) is 11.5 Å². The van der Waals surface area contributed by atoms with Gasteiger partial charge in [-0.3, -0.25) is 0 Å². The summed E-state index contributed by atoms with van der Waals surface area (Å²) in [5.74, 6) is 2.39. The molecule has 1 N–H and O–H groups in total. The second-order valence-corrected chi connectivity index (χ2v) is 4.50. The lowest BCUT2D eigenvalue weighted by atomic mass is 10.1. The molecule has 3 heteroatoms. The zero-order chi connectivity index (χ0) is 13.4. The number of hydrogen-bond acceptors (Lipinski definition) is 3. The first-order chi connectivity index (χ1) is 8.74. The maximum atomic E-state index is 5.96. The second-order valence-electron chi connectivity index (χ2n) is 4.50. The predicted octanol–water partition coefficient (Wildman–Crippen LogP) is 3.23. The van der Waals surface area contributed by atoms with E-state index in [4.69, 9.17) is 9.47 Å². The standard InChI is InChI=1S/C15H25NO2/c1-5-12(6-2)11-18-15-9-14(17-4)8-7-13(15)10-16-3/h7-9,12,16H,5-6,10-11H2,1-4H3. The molecule has 0 aliphatic rings. The van der Waals surface area contributed by atoms with Crippen LogP contribution in [0.4, 0.5) is 0 Å². The van der Waals surface area contributed by atoms with Gasteiger partial charge in [0.1, 0.15) is 11.5 Å². The van der Waals surface area contributed by atoms with Crippen LogP contribution >= 0.6 is 0 Å². The van der Waals surface area contributed by atoms with Crippen molar-refractivity contribution in [3.63, 3.8) is 0 Å². The predicted molar refractivity (Wildman–Crippen MR) is 75.3 cm³/mol. The molecule has 0 spiro atoms. The Kier molecular flexibility index (Phi) is 6.58. The lowest BCUT2D eigenvalue weighted by Gasteiger charge is -2.17. The molecule has 0 radical (unpaired) electrons. The van der Waals surface area contributed by atoms with Gasteiger partial charge in [-0.1, -0.05) is 32.8 Å². The topological polar surface area (TPSA) is 30.5 Å². The van der Waals surface area contributed by atoms with Gasteiger partial charge in [0.15, 0.2) is 0 Å². The highest BCUT2D eigenvalue weighted by molar-refractivity contribution is 5.40. The molecular formula is C15H25NO2. The van der Waals surface area contributed by atoms with E-state index in [2.05, 4.69) is 25.2 Å². The van der Waals surface area contributed by atoms with Crippen molar-refractivity contribution >= 4 is 0 Å². The van der Waals surface area contributed by atoms with Crippen LogP contribution in [0.1, 0.15) is 32.3 Å². The van der Waals surface area contributed by atoms with Crippen LogP contribution < -0.4 is 14.8 Å². The van der Waals surface area contributed by atoms with Crippen LogP contribution in [0.25, 0.3) is 0 Å². The summed E-state index contributed by atoms with van der Waals surface area (Å²) in [5.41, 5.74) is 1.17. The van der Waals surface area contributed by atoms with Gasteiger partial charge in [0.25, 0.3) is 0 Å². The molecule has 0 aliphatic heterocycles. The Morgan fingerprint density at radius 1 is 1.22 bits per heavy atom. The van der Waals surface area contributed by atoms with Gasteiger partial charge in [-0.2, -0.15) is 0 Å². The SMILES string of the molecule is CCC(CC)COc1cc(OC)ccc1CNC. The molecule has 0 saturated heterocycles. The van der Waals surface area contributed by atoms with Crippen molar-refractivity contribution in [2.75, 3.05) is 20.8 Å². The fraction of sp³-hybridized carbons (Fsp3) is 0.600. The van der Waals surface area contributed by atoms with Crippen LogP contribution in [-0.2, 0) is 6.54 Å². The fourth-order valence-electron chi connectivity index (χ4n) is 1.86. The Morgan fingerprint density at radius 2 is 1.94 bits per heavy atom. The fourth-order valence-corrected chi connectivity index (χ4v) is 1.86. The number of nitrogens with one attached hydrogen (secondary N) is 1. The van der Waals surface area contributed by atoms with Gasteiger partial charge in [-0.05, 0) is 19.0 Å². The van der Waals surface area contributed by atoms with E-state index in [1.807, 2.05) is 19.2 Å². The van der Waals surface area contributed by atoms with E-state index in [-0.39, 0.29) is 0 Å². The third-order valence-electron chi connectivity index (χ3n) is 3.27. The highest BCUT2D eigenvalue weighted by Gasteiger charge is 2.09. The van der Waals surface area contributed by atoms with Gasteiger partial charge in [-0.15, -0.1) is 0 Å². The largest absolute Gasteiger partial charge is 0.497 e. The molecule has 0 bridgehead atoms. The molecule has 0 heterocycles. The highest BCUT2D eigenvalue weighted by atomic mass is 16.5. The summed E-state index contributed by atoms with van der Waals surface area (Å²) in [6.45, 7) is 5.99. The summed E-state index contributed by atoms with van der Waals surface area (Å²) in [5, 5.41) is 3.16. The van der Waals surface area contributed by atoms with E-state index < -0.39 is 0 Å². The lowest BCUT2D eigenvalue weighted by Crippen LogP contribution is -2.13. The van der Waals surface area contributed by atoms with Crippen LogP contribution in [0.15, 0.2) is 18.2 Å². The van der Waals surface area contributed by atoms with Gasteiger partial charge in [0.2, 0.25) is 0 Å². The number of ether oxygens (including phenoxy) is 2. The Bertz CT molecular complexity index is 348. The van der Waals surface area contributed by atoms with E-state index in [0.29, 0.717) is 5.92 Å². The third-order valence-corrected chi connectivity index (χ3v) is 3.27. The molecule has 1 rings (SSSR count). The molecule has 0 fully saturated rings. The lowest BCUT2D eigenvalue weighted by molar-refractivity contribution is 0.237. The molecule has 0 aromatic heterocycles. The van der Waals surface area contributed by atoms with Crippen LogP contribution in [-0.4, -0.2) is 20.8 Å². The van der Waals surface area contributed by atoms with E-state index in [1.54, 1.807) is 7.11 Å². The van der Waals surface area contributed by atoms with Crippen molar-refractivity contribution in [1.82, 2.24) is 5.32 Å². The Hall–Kier alpha value is -1.22. The van der Waals surface area contributed by atoms with Crippen molar-refractivity contribution in [3.05, 3.63) is 23.8 Å². The van der Waals surface area contributed by atoms with Crippen LogP contribution in [0.2, 0.25) is 0 Å². The Balaban J connectivity index is 2.76. The van der Waals surface area contributed by atoms with E-state index in [1.165, 1.54) is 5.56 Å². The molecule has 3 nitrogen and oxygen atoms in total. The maximum absolute atomic E-state index is 5.96.